The Morgan fingerprint density at radius 2 is 2.21 bits per heavy atom. The lowest BCUT2D eigenvalue weighted by atomic mass is 10.2. The Morgan fingerprint density at radius 3 is 2.95 bits per heavy atom. The summed E-state index contributed by atoms with van der Waals surface area (Å²) in [7, 11) is 0. The zero-order valence-corrected chi connectivity index (χ0v) is 10.5. The minimum absolute atomic E-state index is 0.155. The number of aromatic nitrogens is 2. The highest BCUT2D eigenvalue weighted by Gasteiger charge is 2.02. The molecule has 0 atom stereocenters. The van der Waals surface area contributed by atoms with E-state index in [0.717, 1.165) is 5.56 Å². The molecular weight excluding hydrogens is 242 g/mol. The highest BCUT2D eigenvalue weighted by atomic mass is 16.5. The molecule has 1 aromatic heterocycles. The summed E-state index contributed by atoms with van der Waals surface area (Å²) >= 11 is 0. The largest absolute Gasteiger partial charge is 0.490 e. The summed E-state index contributed by atoms with van der Waals surface area (Å²) in [5, 5.41) is 12.9. The maximum absolute atomic E-state index is 11.6. The van der Waals surface area contributed by atoms with E-state index >= 15 is 0 Å². The maximum Gasteiger partial charge on any atom is 0.267 e. The predicted octanol–water partition coefficient (Wildman–Crippen LogP) is 1.50. The number of para-hydroxylation sites is 1. The first-order valence-corrected chi connectivity index (χ1v) is 5.86. The van der Waals surface area contributed by atoms with Gasteiger partial charge in [-0.2, -0.15) is 10.4 Å². The van der Waals surface area contributed by atoms with E-state index in [1.165, 1.54) is 10.7 Å². The van der Waals surface area contributed by atoms with E-state index in [4.69, 9.17) is 10.00 Å². The van der Waals surface area contributed by atoms with Crippen molar-refractivity contribution in [2.24, 2.45) is 0 Å². The van der Waals surface area contributed by atoms with Crippen LogP contribution in [0.2, 0.25) is 0 Å². The first kappa shape index (κ1) is 12.8. The molecule has 1 heterocycles. The quantitative estimate of drug-likeness (QED) is 0.830. The molecule has 0 aliphatic carbocycles. The number of rotatable bonds is 4. The third kappa shape index (κ3) is 3.19. The van der Waals surface area contributed by atoms with Gasteiger partial charge in [-0.3, -0.25) is 4.79 Å². The standard InChI is InChI=1S/C14H13N3O2/c1-11-8-14(18)17(16-10-11)6-7-19-13-5-3-2-4-12(13)9-15/h2-5,8,10H,6-7H2,1H3. The first-order valence-electron chi connectivity index (χ1n) is 5.86. The average Bonchev–Trinajstić information content (AvgIpc) is 2.42. The van der Waals surface area contributed by atoms with Gasteiger partial charge in [-0.25, -0.2) is 4.68 Å². The molecule has 0 aliphatic heterocycles. The summed E-state index contributed by atoms with van der Waals surface area (Å²) < 4.78 is 6.83. The number of nitriles is 1. The van der Waals surface area contributed by atoms with Gasteiger partial charge in [0.05, 0.1) is 18.3 Å². The normalized spacial score (nSPS) is 9.89. The summed E-state index contributed by atoms with van der Waals surface area (Å²) in [6, 6.07) is 10.6. The lowest BCUT2D eigenvalue weighted by Crippen LogP contribution is -2.25. The average molecular weight is 255 g/mol. The van der Waals surface area contributed by atoms with E-state index in [-0.39, 0.29) is 12.2 Å². The highest BCUT2D eigenvalue weighted by molar-refractivity contribution is 5.42. The van der Waals surface area contributed by atoms with Crippen LogP contribution in [-0.2, 0) is 6.54 Å². The molecule has 0 fully saturated rings. The van der Waals surface area contributed by atoms with Crippen LogP contribution < -0.4 is 10.3 Å². The van der Waals surface area contributed by atoms with Gasteiger partial charge in [0.15, 0.2) is 0 Å². The Kier molecular flexibility index (Phi) is 3.94. The van der Waals surface area contributed by atoms with E-state index in [9.17, 15) is 4.79 Å². The van der Waals surface area contributed by atoms with Crippen LogP contribution in [0.1, 0.15) is 11.1 Å². The van der Waals surface area contributed by atoms with Crippen LogP contribution in [0.15, 0.2) is 41.3 Å². The predicted molar refractivity (Wildman–Crippen MR) is 69.9 cm³/mol. The molecule has 96 valence electrons. The zero-order chi connectivity index (χ0) is 13.7. The zero-order valence-electron chi connectivity index (χ0n) is 10.5. The topological polar surface area (TPSA) is 67.9 Å². The second-order valence-corrected chi connectivity index (χ2v) is 4.05. The molecule has 5 heteroatoms. The van der Waals surface area contributed by atoms with Gasteiger partial charge in [-0.15, -0.1) is 0 Å². The summed E-state index contributed by atoms with van der Waals surface area (Å²) in [6.45, 7) is 2.45. The number of benzene rings is 1. The van der Waals surface area contributed by atoms with Crippen molar-refractivity contribution < 1.29 is 4.74 Å². The van der Waals surface area contributed by atoms with Crippen LogP contribution in [0.5, 0.6) is 5.75 Å². The fourth-order valence-electron chi connectivity index (χ4n) is 1.62. The molecule has 0 aliphatic rings. The molecular formula is C14H13N3O2. The molecule has 1 aromatic carbocycles. The van der Waals surface area contributed by atoms with Gasteiger partial charge in [0.25, 0.3) is 5.56 Å². The summed E-state index contributed by atoms with van der Waals surface area (Å²) in [5.41, 5.74) is 1.15. The molecule has 0 saturated heterocycles. The van der Waals surface area contributed by atoms with Crippen molar-refractivity contribution in [3.8, 4) is 11.8 Å². The molecule has 0 saturated carbocycles. The van der Waals surface area contributed by atoms with E-state index in [2.05, 4.69) is 11.2 Å². The number of hydrogen-bond donors (Lipinski definition) is 0. The first-order chi connectivity index (χ1) is 9.20. The monoisotopic (exact) mass is 255 g/mol. The number of hydrogen-bond acceptors (Lipinski definition) is 4. The summed E-state index contributed by atoms with van der Waals surface area (Å²) in [6.07, 6.45) is 1.63. The smallest absolute Gasteiger partial charge is 0.267 e. The van der Waals surface area contributed by atoms with Gasteiger partial charge in [-0.1, -0.05) is 12.1 Å². The Labute approximate surface area is 110 Å². The maximum atomic E-state index is 11.6. The van der Waals surface area contributed by atoms with Gasteiger partial charge in [0, 0.05) is 6.07 Å². The van der Waals surface area contributed by atoms with E-state index in [1.807, 2.05) is 6.92 Å². The van der Waals surface area contributed by atoms with Crippen molar-refractivity contribution in [3.63, 3.8) is 0 Å². The second kappa shape index (κ2) is 5.83. The van der Waals surface area contributed by atoms with E-state index in [0.29, 0.717) is 17.9 Å². The van der Waals surface area contributed by atoms with Crippen LogP contribution >= 0.6 is 0 Å². The molecule has 0 unspecified atom stereocenters. The van der Waals surface area contributed by atoms with Crippen molar-refractivity contribution >= 4 is 0 Å². The minimum Gasteiger partial charge on any atom is -0.490 e. The Hall–Kier alpha value is -2.61. The van der Waals surface area contributed by atoms with Crippen molar-refractivity contribution in [3.05, 3.63) is 58.0 Å². The fourth-order valence-corrected chi connectivity index (χ4v) is 1.62. The molecule has 5 nitrogen and oxygen atoms in total. The van der Waals surface area contributed by atoms with Gasteiger partial charge in [-0.05, 0) is 24.6 Å². The van der Waals surface area contributed by atoms with Crippen molar-refractivity contribution in [1.29, 1.82) is 5.26 Å². The number of nitrogens with zero attached hydrogens (tertiary/aromatic N) is 3. The van der Waals surface area contributed by atoms with Crippen LogP contribution in [0.25, 0.3) is 0 Å². The van der Waals surface area contributed by atoms with Crippen LogP contribution in [0.4, 0.5) is 0 Å². The van der Waals surface area contributed by atoms with E-state index in [1.54, 1.807) is 30.5 Å². The third-order valence-corrected chi connectivity index (χ3v) is 2.57. The van der Waals surface area contributed by atoms with Crippen LogP contribution in [0.3, 0.4) is 0 Å². The Bertz CT molecular complexity index is 671. The van der Waals surface area contributed by atoms with Crippen LogP contribution in [-0.4, -0.2) is 16.4 Å². The molecule has 19 heavy (non-hydrogen) atoms. The van der Waals surface area contributed by atoms with Gasteiger partial charge >= 0.3 is 0 Å². The molecule has 0 amide bonds. The fraction of sp³-hybridized carbons (Fsp3) is 0.214. The summed E-state index contributed by atoms with van der Waals surface area (Å²) in [5.74, 6) is 0.519. The van der Waals surface area contributed by atoms with Crippen molar-refractivity contribution in [2.75, 3.05) is 6.61 Å². The van der Waals surface area contributed by atoms with Gasteiger partial charge in [0.2, 0.25) is 0 Å². The summed E-state index contributed by atoms with van der Waals surface area (Å²) in [4.78, 5) is 11.6. The lowest BCUT2D eigenvalue weighted by Gasteiger charge is -2.08. The lowest BCUT2D eigenvalue weighted by molar-refractivity contribution is 0.287. The number of ether oxygens (including phenoxy) is 1. The number of aryl methyl sites for hydroxylation is 1. The van der Waals surface area contributed by atoms with Crippen molar-refractivity contribution in [2.45, 2.75) is 13.5 Å². The second-order valence-electron chi connectivity index (χ2n) is 4.05. The molecule has 2 rings (SSSR count). The SMILES string of the molecule is Cc1cnn(CCOc2ccccc2C#N)c(=O)c1. The minimum atomic E-state index is -0.155. The molecule has 0 radical (unpaired) electrons. The third-order valence-electron chi connectivity index (χ3n) is 2.57. The van der Waals surface area contributed by atoms with Gasteiger partial charge < -0.3 is 4.74 Å². The molecule has 2 aromatic rings. The van der Waals surface area contributed by atoms with E-state index < -0.39 is 0 Å². The van der Waals surface area contributed by atoms with Crippen LogP contribution in [0, 0.1) is 18.3 Å². The molecule has 0 spiro atoms. The molecule has 0 bridgehead atoms. The molecule has 0 N–H and O–H groups in total. The van der Waals surface area contributed by atoms with Gasteiger partial charge in [0.1, 0.15) is 18.4 Å². The highest BCUT2D eigenvalue weighted by Crippen LogP contribution is 2.16. The Morgan fingerprint density at radius 1 is 1.42 bits per heavy atom. The van der Waals surface area contributed by atoms with Crippen molar-refractivity contribution in [1.82, 2.24) is 9.78 Å². The Balaban J connectivity index is 2.01.